The predicted octanol–water partition coefficient (Wildman–Crippen LogP) is 2.33. The number of hydrogen-bond acceptors (Lipinski definition) is 4. The van der Waals surface area contributed by atoms with Gasteiger partial charge in [-0.05, 0) is 30.7 Å². The highest BCUT2D eigenvalue weighted by atomic mass is 32.2. The van der Waals surface area contributed by atoms with Gasteiger partial charge >= 0.3 is 0 Å². The molecule has 3 rings (SSSR count). The normalized spacial score (nSPS) is 16.2. The van der Waals surface area contributed by atoms with Crippen LogP contribution in [0.5, 0.6) is 0 Å². The zero-order valence-electron chi connectivity index (χ0n) is 15.5. The largest absolute Gasteiger partial charge is 0.326 e. The zero-order chi connectivity index (χ0) is 19.3. The molecule has 1 heterocycles. The van der Waals surface area contributed by atoms with Gasteiger partial charge in [-0.1, -0.05) is 36.4 Å². The van der Waals surface area contributed by atoms with E-state index in [1.165, 1.54) is 4.31 Å². The predicted molar refractivity (Wildman–Crippen MR) is 106 cm³/mol. The zero-order valence-corrected chi connectivity index (χ0v) is 16.3. The van der Waals surface area contributed by atoms with E-state index in [1.807, 2.05) is 49.4 Å². The minimum Gasteiger partial charge on any atom is -0.326 e. The molecule has 1 saturated heterocycles. The number of hydrogen-bond donors (Lipinski definition) is 1. The van der Waals surface area contributed by atoms with Crippen molar-refractivity contribution in [2.24, 2.45) is 0 Å². The molecule has 0 unspecified atom stereocenters. The maximum atomic E-state index is 12.8. The Labute approximate surface area is 160 Å². The van der Waals surface area contributed by atoms with Crippen molar-refractivity contribution in [3.63, 3.8) is 0 Å². The van der Waals surface area contributed by atoms with Crippen LogP contribution in [-0.2, 0) is 14.8 Å². The Kier molecular flexibility index (Phi) is 6.26. The summed E-state index contributed by atoms with van der Waals surface area (Å²) in [6, 6.07) is 16.4. The molecule has 1 N–H and O–H groups in total. The van der Waals surface area contributed by atoms with Gasteiger partial charge in [0, 0.05) is 44.8 Å². The second-order valence-corrected chi connectivity index (χ2v) is 8.58. The third-order valence-corrected chi connectivity index (χ3v) is 6.81. The first-order chi connectivity index (χ1) is 13.0. The summed E-state index contributed by atoms with van der Waals surface area (Å²) in [5.74, 6) is -0.0313. The first-order valence-electron chi connectivity index (χ1n) is 9.10. The summed E-state index contributed by atoms with van der Waals surface area (Å²) in [4.78, 5) is 14.6. The van der Waals surface area contributed by atoms with Crippen LogP contribution in [0.3, 0.4) is 0 Å². The third-order valence-electron chi connectivity index (χ3n) is 4.76. The highest BCUT2D eigenvalue weighted by Crippen LogP contribution is 2.20. The lowest BCUT2D eigenvalue weighted by molar-refractivity contribution is -0.116. The lowest BCUT2D eigenvalue weighted by Gasteiger charge is -2.34. The number of carbonyl (C=O) groups excluding carboxylic acids is 1. The average molecular weight is 388 g/mol. The number of anilines is 1. The van der Waals surface area contributed by atoms with Gasteiger partial charge < -0.3 is 10.2 Å². The van der Waals surface area contributed by atoms with E-state index in [2.05, 4.69) is 10.2 Å². The van der Waals surface area contributed by atoms with E-state index in [0.717, 1.165) is 11.3 Å². The first-order valence-corrected chi connectivity index (χ1v) is 10.5. The van der Waals surface area contributed by atoms with Crippen LogP contribution in [0.2, 0.25) is 0 Å². The summed E-state index contributed by atoms with van der Waals surface area (Å²) in [6.45, 7) is 4.58. The van der Waals surface area contributed by atoms with E-state index in [1.54, 1.807) is 12.1 Å². The van der Waals surface area contributed by atoms with Crippen LogP contribution in [0, 0.1) is 6.92 Å². The maximum Gasteiger partial charge on any atom is 0.243 e. The third kappa shape index (κ3) is 4.94. The molecule has 0 saturated carbocycles. The Hall–Kier alpha value is -2.22. The fourth-order valence-electron chi connectivity index (χ4n) is 3.18. The van der Waals surface area contributed by atoms with Gasteiger partial charge in [0.2, 0.25) is 15.9 Å². The number of carbonyl (C=O) groups is 1. The number of nitrogens with one attached hydrogen (secondary N) is 1. The summed E-state index contributed by atoms with van der Waals surface area (Å²) in [7, 11) is -3.46. The minimum atomic E-state index is -3.46. The smallest absolute Gasteiger partial charge is 0.243 e. The molecule has 0 aromatic heterocycles. The minimum absolute atomic E-state index is 0.0313. The van der Waals surface area contributed by atoms with Gasteiger partial charge in [-0.2, -0.15) is 4.31 Å². The Bertz CT molecular complexity index is 876. The summed E-state index contributed by atoms with van der Waals surface area (Å²) in [6.07, 6.45) is 0.388. The molecule has 2 aromatic carbocycles. The number of piperazine rings is 1. The lowest BCUT2D eigenvalue weighted by atomic mass is 10.2. The number of nitrogens with zero attached hydrogens (tertiary/aromatic N) is 2. The quantitative estimate of drug-likeness (QED) is 0.826. The topological polar surface area (TPSA) is 69.7 Å². The second-order valence-electron chi connectivity index (χ2n) is 6.68. The van der Waals surface area contributed by atoms with Crippen molar-refractivity contribution in [2.45, 2.75) is 18.2 Å². The van der Waals surface area contributed by atoms with E-state index < -0.39 is 10.0 Å². The van der Waals surface area contributed by atoms with E-state index in [-0.39, 0.29) is 5.91 Å². The molecular formula is C20H25N3O3S. The Morgan fingerprint density at radius 3 is 2.26 bits per heavy atom. The van der Waals surface area contributed by atoms with Crippen molar-refractivity contribution in [1.29, 1.82) is 0 Å². The molecule has 1 aliphatic rings. The number of para-hydroxylation sites is 1. The molecule has 27 heavy (non-hydrogen) atoms. The standard InChI is InChI=1S/C20H25N3O3S/c1-17-7-5-6-10-19(17)27(25,26)23-15-13-22(14-16-23)12-11-20(24)21-18-8-3-2-4-9-18/h2-10H,11-16H2,1H3,(H,21,24). The lowest BCUT2D eigenvalue weighted by Crippen LogP contribution is -2.49. The molecule has 7 heteroatoms. The van der Waals surface area contributed by atoms with Crippen LogP contribution < -0.4 is 5.32 Å². The molecule has 0 atom stereocenters. The van der Waals surface area contributed by atoms with Crippen LogP contribution in [0.4, 0.5) is 5.69 Å². The van der Waals surface area contributed by atoms with E-state index >= 15 is 0 Å². The molecule has 144 valence electrons. The molecule has 2 aromatic rings. The molecule has 0 bridgehead atoms. The number of sulfonamides is 1. The number of aryl methyl sites for hydroxylation is 1. The Morgan fingerprint density at radius 1 is 0.963 bits per heavy atom. The molecule has 1 fully saturated rings. The number of rotatable bonds is 6. The summed E-state index contributed by atoms with van der Waals surface area (Å²) < 4.78 is 27.2. The van der Waals surface area contributed by atoms with Crippen molar-refractivity contribution in [3.05, 3.63) is 60.2 Å². The molecule has 1 amide bonds. The molecule has 0 aliphatic carbocycles. The van der Waals surface area contributed by atoms with Gasteiger partial charge in [0.05, 0.1) is 4.90 Å². The van der Waals surface area contributed by atoms with Crippen LogP contribution in [0.25, 0.3) is 0 Å². The van der Waals surface area contributed by atoms with E-state index in [0.29, 0.717) is 44.0 Å². The summed E-state index contributed by atoms with van der Waals surface area (Å²) in [5, 5.41) is 2.87. The fraction of sp³-hybridized carbons (Fsp3) is 0.350. The van der Waals surface area contributed by atoms with Crippen LogP contribution in [0.1, 0.15) is 12.0 Å². The summed E-state index contributed by atoms with van der Waals surface area (Å²) >= 11 is 0. The maximum absolute atomic E-state index is 12.8. The van der Waals surface area contributed by atoms with Crippen molar-refractivity contribution in [1.82, 2.24) is 9.21 Å². The molecule has 0 radical (unpaired) electrons. The Morgan fingerprint density at radius 2 is 1.59 bits per heavy atom. The van der Waals surface area contributed by atoms with Crippen molar-refractivity contribution < 1.29 is 13.2 Å². The van der Waals surface area contributed by atoms with Crippen LogP contribution in [-0.4, -0.2) is 56.3 Å². The summed E-state index contributed by atoms with van der Waals surface area (Å²) in [5.41, 5.74) is 1.55. The highest BCUT2D eigenvalue weighted by Gasteiger charge is 2.29. The number of amides is 1. The molecule has 1 aliphatic heterocycles. The van der Waals surface area contributed by atoms with Gasteiger partial charge in [-0.25, -0.2) is 8.42 Å². The van der Waals surface area contributed by atoms with Crippen molar-refractivity contribution in [3.8, 4) is 0 Å². The van der Waals surface area contributed by atoms with Gasteiger partial charge in [-0.15, -0.1) is 0 Å². The molecule has 0 spiro atoms. The number of benzene rings is 2. The molecular weight excluding hydrogens is 362 g/mol. The van der Waals surface area contributed by atoms with Gasteiger partial charge in [0.1, 0.15) is 0 Å². The van der Waals surface area contributed by atoms with Crippen LogP contribution in [0.15, 0.2) is 59.5 Å². The molecule has 6 nitrogen and oxygen atoms in total. The van der Waals surface area contributed by atoms with E-state index in [9.17, 15) is 13.2 Å². The first kappa shape index (κ1) is 19.5. The van der Waals surface area contributed by atoms with Gasteiger partial charge in [-0.3, -0.25) is 4.79 Å². The van der Waals surface area contributed by atoms with Gasteiger partial charge in [0.25, 0.3) is 0 Å². The highest BCUT2D eigenvalue weighted by molar-refractivity contribution is 7.89. The second kappa shape index (κ2) is 8.65. The Balaban J connectivity index is 1.49. The van der Waals surface area contributed by atoms with Crippen molar-refractivity contribution in [2.75, 3.05) is 38.0 Å². The average Bonchev–Trinajstić information content (AvgIpc) is 2.68. The van der Waals surface area contributed by atoms with Crippen LogP contribution >= 0.6 is 0 Å². The van der Waals surface area contributed by atoms with Gasteiger partial charge in [0.15, 0.2) is 0 Å². The van der Waals surface area contributed by atoms with E-state index in [4.69, 9.17) is 0 Å². The SMILES string of the molecule is Cc1ccccc1S(=O)(=O)N1CCN(CCC(=O)Nc2ccccc2)CC1. The fourth-order valence-corrected chi connectivity index (χ4v) is 4.83. The van der Waals surface area contributed by atoms with Crippen molar-refractivity contribution >= 4 is 21.6 Å². The monoisotopic (exact) mass is 387 g/mol.